The lowest BCUT2D eigenvalue weighted by molar-refractivity contribution is 0.864. The zero-order chi connectivity index (χ0) is 12.4. The average Bonchev–Trinajstić information content (AvgIpc) is 2.70. The maximum atomic E-state index is 5.76. The van der Waals surface area contributed by atoms with Gasteiger partial charge in [-0.15, -0.1) is 11.3 Å². The lowest BCUT2D eigenvalue weighted by Crippen LogP contribution is -2.07. The molecular formula is C12H16N4S. The number of hydrogen-bond donors (Lipinski definition) is 3. The fraction of sp³-hybridized carbons (Fsp3) is 0.250. The van der Waals surface area contributed by atoms with Gasteiger partial charge in [0.2, 0.25) is 0 Å². The number of aromatic nitrogens is 1. The highest BCUT2D eigenvalue weighted by molar-refractivity contribution is 7.09. The standard InChI is InChI=1S/C12H16N4S/c1-7-6-17-12(15-7)8(2)16-9-3-4-10(13)11(14)5-9/h3-6,8,16H,13-14H2,1-2H3. The summed E-state index contributed by atoms with van der Waals surface area (Å²) < 4.78 is 0. The van der Waals surface area contributed by atoms with Crippen molar-refractivity contribution < 1.29 is 0 Å². The van der Waals surface area contributed by atoms with E-state index >= 15 is 0 Å². The van der Waals surface area contributed by atoms with Crippen molar-refractivity contribution in [2.24, 2.45) is 0 Å². The zero-order valence-corrected chi connectivity index (χ0v) is 10.7. The molecule has 0 saturated carbocycles. The molecule has 2 aromatic rings. The minimum absolute atomic E-state index is 0.164. The van der Waals surface area contributed by atoms with Crippen LogP contribution in [0.15, 0.2) is 23.6 Å². The van der Waals surface area contributed by atoms with Crippen LogP contribution in [0.5, 0.6) is 0 Å². The summed E-state index contributed by atoms with van der Waals surface area (Å²) in [6, 6.07) is 5.73. The van der Waals surface area contributed by atoms with Gasteiger partial charge in [0.25, 0.3) is 0 Å². The molecule has 1 heterocycles. The average molecular weight is 248 g/mol. The van der Waals surface area contributed by atoms with Gasteiger partial charge < -0.3 is 16.8 Å². The van der Waals surface area contributed by atoms with E-state index in [1.54, 1.807) is 17.4 Å². The van der Waals surface area contributed by atoms with Crippen LogP contribution in [0, 0.1) is 6.92 Å². The van der Waals surface area contributed by atoms with Crippen molar-refractivity contribution in [2.45, 2.75) is 19.9 Å². The third-order valence-electron chi connectivity index (χ3n) is 2.48. The summed E-state index contributed by atoms with van der Waals surface area (Å²) in [6.45, 7) is 4.07. The Bertz CT molecular complexity index is 521. The van der Waals surface area contributed by atoms with Crippen LogP contribution in [0.4, 0.5) is 17.1 Å². The topological polar surface area (TPSA) is 77.0 Å². The van der Waals surface area contributed by atoms with Crippen LogP contribution in [0.25, 0.3) is 0 Å². The fourth-order valence-corrected chi connectivity index (χ4v) is 2.35. The molecule has 1 aromatic heterocycles. The second kappa shape index (κ2) is 4.63. The first-order chi connectivity index (χ1) is 8.06. The third-order valence-corrected chi connectivity index (χ3v) is 3.62. The number of nitrogen functional groups attached to an aromatic ring is 2. The molecule has 90 valence electrons. The first-order valence-corrected chi connectivity index (χ1v) is 6.28. The number of nitrogens with two attached hydrogens (primary N) is 2. The smallest absolute Gasteiger partial charge is 0.115 e. The number of benzene rings is 1. The summed E-state index contributed by atoms with van der Waals surface area (Å²) in [5, 5.41) is 6.47. The second-order valence-electron chi connectivity index (χ2n) is 4.04. The Morgan fingerprint density at radius 3 is 2.65 bits per heavy atom. The molecule has 0 aliphatic rings. The number of aryl methyl sites for hydroxylation is 1. The van der Waals surface area contributed by atoms with Crippen molar-refractivity contribution in [1.29, 1.82) is 0 Å². The van der Waals surface area contributed by atoms with Crippen molar-refractivity contribution in [1.82, 2.24) is 4.98 Å². The van der Waals surface area contributed by atoms with Crippen molar-refractivity contribution in [3.63, 3.8) is 0 Å². The summed E-state index contributed by atoms with van der Waals surface area (Å²) in [6.07, 6.45) is 0. The Labute approximate surface area is 105 Å². The van der Waals surface area contributed by atoms with Crippen molar-refractivity contribution in [2.75, 3.05) is 16.8 Å². The molecule has 0 amide bonds. The molecule has 1 atom stereocenters. The van der Waals surface area contributed by atoms with Crippen LogP contribution in [-0.2, 0) is 0 Å². The van der Waals surface area contributed by atoms with Gasteiger partial charge in [0.1, 0.15) is 5.01 Å². The van der Waals surface area contributed by atoms with Crippen LogP contribution in [0.3, 0.4) is 0 Å². The predicted molar refractivity (Wildman–Crippen MR) is 74.2 cm³/mol. The number of rotatable bonds is 3. The molecule has 0 aliphatic carbocycles. The highest BCUT2D eigenvalue weighted by Crippen LogP contribution is 2.25. The Morgan fingerprint density at radius 2 is 2.06 bits per heavy atom. The quantitative estimate of drug-likeness (QED) is 0.730. The van der Waals surface area contributed by atoms with Crippen LogP contribution in [0.2, 0.25) is 0 Å². The molecule has 0 radical (unpaired) electrons. The molecule has 0 aliphatic heterocycles. The van der Waals surface area contributed by atoms with Gasteiger partial charge in [-0.3, -0.25) is 0 Å². The summed E-state index contributed by atoms with van der Waals surface area (Å²) in [4.78, 5) is 4.45. The van der Waals surface area contributed by atoms with E-state index in [4.69, 9.17) is 11.5 Å². The number of hydrogen-bond acceptors (Lipinski definition) is 5. The van der Waals surface area contributed by atoms with Crippen molar-refractivity contribution in [3.05, 3.63) is 34.3 Å². The fourth-order valence-electron chi connectivity index (χ4n) is 1.55. The molecule has 5 heteroatoms. The molecule has 1 aromatic carbocycles. The number of nitrogens with one attached hydrogen (secondary N) is 1. The molecule has 4 nitrogen and oxygen atoms in total. The minimum Gasteiger partial charge on any atom is -0.397 e. The third kappa shape index (κ3) is 2.68. The van der Waals surface area contributed by atoms with Gasteiger partial charge in [-0.05, 0) is 32.0 Å². The van der Waals surface area contributed by atoms with Crippen LogP contribution in [0.1, 0.15) is 23.7 Å². The van der Waals surface area contributed by atoms with E-state index in [1.165, 1.54) is 0 Å². The van der Waals surface area contributed by atoms with Gasteiger partial charge in [0, 0.05) is 16.8 Å². The van der Waals surface area contributed by atoms with E-state index in [1.807, 2.05) is 24.4 Å². The monoisotopic (exact) mass is 248 g/mol. The van der Waals surface area contributed by atoms with E-state index < -0.39 is 0 Å². The Morgan fingerprint density at radius 1 is 1.29 bits per heavy atom. The molecular weight excluding hydrogens is 232 g/mol. The largest absolute Gasteiger partial charge is 0.397 e. The first kappa shape index (κ1) is 11.7. The van der Waals surface area contributed by atoms with Crippen molar-refractivity contribution in [3.8, 4) is 0 Å². The Hall–Kier alpha value is -1.75. The summed E-state index contributed by atoms with van der Waals surface area (Å²) in [7, 11) is 0. The number of thiazole rings is 1. The molecule has 0 bridgehead atoms. The van der Waals surface area contributed by atoms with Crippen LogP contribution in [-0.4, -0.2) is 4.98 Å². The lowest BCUT2D eigenvalue weighted by atomic mass is 10.2. The molecule has 2 rings (SSSR count). The van der Waals surface area contributed by atoms with Gasteiger partial charge >= 0.3 is 0 Å². The molecule has 17 heavy (non-hydrogen) atoms. The maximum absolute atomic E-state index is 5.76. The molecule has 5 N–H and O–H groups in total. The highest BCUT2D eigenvalue weighted by atomic mass is 32.1. The number of anilines is 3. The molecule has 0 spiro atoms. The summed E-state index contributed by atoms with van der Waals surface area (Å²) in [5.74, 6) is 0. The summed E-state index contributed by atoms with van der Waals surface area (Å²) in [5.41, 5.74) is 14.6. The Balaban J connectivity index is 2.12. The van der Waals surface area contributed by atoms with Gasteiger partial charge in [0.15, 0.2) is 0 Å². The van der Waals surface area contributed by atoms with Gasteiger partial charge in [-0.25, -0.2) is 4.98 Å². The molecule has 0 fully saturated rings. The van der Waals surface area contributed by atoms with E-state index in [2.05, 4.69) is 17.2 Å². The summed E-state index contributed by atoms with van der Waals surface area (Å²) >= 11 is 1.65. The number of nitrogens with zero attached hydrogens (tertiary/aromatic N) is 1. The van der Waals surface area contributed by atoms with Crippen molar-refractivity contribution >= 4 is 28.4 Å². The zero-order valence-electron chi connectivity index (χ0n) is 9.90. The maximum Gasteiger partial charge on any atom is 0.115 e. The predicted octanol–water partition coefficient (Wildman–Crippen LogP) is 2.79. The Kier molecular flexibility index (Phi) is 3.19. The first-order valence-electron chi connectivity index (χ1n) is 5.40. The SMILES string of the molecule is Cc1csc(C(C)Nc2ccc(N)c(N)c2)n1. The van der Waals surface area contributed by atoms with Gasteiger partial charge in [0.05, 0.1) is 17.4 Å². The second-order valence-corrected chi connectivity index (χ2v) is 4.93. The highest BCUT2D eigenvalue weighted by Gasteiger charge is 2.09. The minimum atomic E-state index is 0.164. The normalized spacial score (nSPS) is 12.4. The van der Waals surface area contributed by atoms with E-state index in [0.717, 1.165) is 16.4 Å². The van der Waals surface area contributed by atoms with Gasteiger partial charge in [-0.2, -0.15) is 0 Å². The van der Waals surface area contributed by atoms with E-state index in [9.17, 15) is 0 Å². The van der Waals surface area contributed by atoms with Crippen LogP contribution >= 0.6 is 11.3 Å². The van der Waals surface area contributed by atoms with E-state index in [-0.39, 0.29) is 6.04 Å². The van der Waals surface area contributed by atoms with E-state index in [0.29, 0.717) is 11.4 Å². The lowest BCUT2D eigenvalue weighted by Gasteiger charge is -2.13. The molecule has 1 unspecified atom stereocenters. The van der Waals surface area contributed by atoms with Crippen LogP contribution < -0.4 is 16.8 Å². The van der Waals surface area contributed by atoms with Gasteiger partial charge in [-0.1, -0.05) is 0 Å². The molecule has 0 saturated heterocycles.